The Morgan fingerprint density at radius 1 is 1.28 bits per heavy atom. The van der Waals surface area contributed by atoms with Gasteiger partial charge in [0.15, 0.2) is 11.5 Å². The van der Waals surface area contributed by atoms with Crippen LogP contribution in [0.1, 0.15) is 31.9 Å². The smallest absolute Gasteiger partial charge is 0.321 e. The van der Waals surface area contributed by atoms with Crippen molar-refractivity contribution >= 4 is 23.4 Å². The summed E-state index contributed by atoms with van der Waals surface area (Å²) in [4.78, 5) is 13.1. The van der Waals surface area contributed by atoms with Crippen LogP contribution in [-0.4, -0.2) is 39.0 Å². The number of aromatic nitrogens is 3. The van der Waals surface area contributed by atoms with Crippen LogP contribution in [0.3, 0.4) is 0 Å². The van der Waals surface area contributed by atoms with Crippen molar-refractivity contribution in [2.24, 2.45) is 0 Å². The van der Waals surface area contributed by atoms with E-state index in [1.807, 2.05) is 42.6 Å². The molecule has 0 fully saturated rings. The summed E-state index contributed by atoms with van der Waals surface area (Å²) < 4.78 is 11.6. The van der Waals surface area contributed by atoms with Gasteiger partial charge in [-0.05, 0) is 56.7 Å². The lowest BCUT2D eigenvalue weighted by molar-refractivity contribution is -0.145. The summed E-state index contributed by atoms with van der Waals surface area (Å²) in [6.07, 6.45) is 1.91. The minimum atomic E-state index is -0.729. The van der Waals surface area contributed by atoms with Crippen LogP contribution in [0, 0.1) is 11.3 Å². The number of thioether (sulfide) groups is 1. The maximum atomic E-state index is 12.2. The van der Waals surface area contributed by atoms with Gasteiger partial charge in [0, 0.05) is 23.8 Å². The number of fused-ring (bicyclic) bond motifs is 1. The van der Waals surface area contributed by atoms with Gasteiger partial charge in [0.2, 0.25) is 0 Å². The zero-order chi connectivity index (χ0) is 21.0. The Bertz CT molecular complexity index is 1090. The van der Waals surface area contributed by atoms with Crippen molar-refractivity contribution in [1.29, 1.82) is 5.26 Å². The highest BCUT2D eigenvalue weighted by molar-refractivity contribution is 8.01. The number of nitrogens with zero attached hydrogens (tertiary/aromatic N) is 4. The summed E-state index contributed by atoms with van der Waals surface area (Å²) in [5.74, 6) is 0.386. The van der Waals surface area contributed by atoms with Crippen LogP contribution in [0.15, 0.2) is 41.4 Å². The Balaban J connectivity index is 2.03. The summed E-state index contributed by atoms with van der Waals surface area (Å²) in [7, 11) is 1.61. The van der Waals surface area contributed by atoms with E-state index in [4.69, 9.17) is 9.47 Å². The molecular weight excluding hydrogens is 388 g/mol. The van der Waals surface area contributed by atoms with E-state index < -0.39 is 4.75 Å². The van der Waals surface area contributed by atoms with E-state index in [1.165, 1.54) is 11.8 Å². The summed E-state index contributed by atoms with van der Waals surface area (Å²) >= 11 is 1.42. The van der Waals surface area contributed by atoms with E-state index in [9.17, 15) is 10.1 Å². The number of nitriles is 1. The monoisotopic (exact) mass is 410 g/mol. The van der Waals surface area contributed by atoms with Crippen molar-refractivity contribution in [3.05, 3.63) is 47.7 Å². The first kappa shape index (κ1) is 20.8. The van der Waals surface area contributed by atoms with Crippen molar-refractivity contribution in [3.8, 4) is 17.5 Å². The van der Waals surface area contributed by atoms with Crippen LogP contribution in [0.2, 0.25) is 0 Å². The fraction of sp³-hybridized carbons (Fsp3) is 0.333. The van der Waals surface area contributed by atoms with Gasteiger partial charge in [0.05, 0.1) is 24.8 Å². The predicted molar refractivity (Wildman–Crippen MR) is 110 cm³/mol. The van der Waals surface area contributed by atoms with Gasteiger partial charge in [-0.25, -0.2) is 0 Å². The number of pyridine rings is 1. The van der Waals surface area contributed by atoms with E-state index in [0.29, 0.717) is 30.2 Å². The summed E-state index contributed by atoms with van der Waals surface area (Å²) in [5.41, 5.74) is 2.93. The first-order valence-electron chi connectivity index (χ1n) is 9.13. The Kier molecular flexibility index (Phi) is 6.20. The van der Waals surface area contributed by atoms with Crippen LogP contribution in [0.25, 0.3) is 17.0 Å². The summed E-state index contributed by atoms with van der Waals surface area (Å²) in [5, 5.41) is 17.8. The van der Waals surface area contributed by atoms with E-state index in [0.717, 1.165) is 16.0 Å². The third-order valence-electron chi connectivity index (χ3n) is 4.29. The molecule has 0 amide bonds. The molecule has 3 aromatic rings. The molecule has 2 aromatic heterocycles. The van der Waals surface area contributed by atoms with Crippen LogP contribution in [-0.2, 0) is 20.9 Å². The average Bonchev–Trinajstić information content (AvgIpc) is 3.11. The molecule has 0 saturated heterocycles. The van der Waals surface area contributed by atoms with E-state index in [2.05, 4.69) is 16.3 Å². The average molecular weight is 410 g/mol. The molecule has 0 N–H and O–H groups in total. The second kappa shape index (κ2) is 8.64. The van der Waals surface area contributed by atoms with Gasteiger partial charge < -0.3 is 9.47 Å². The number of rotatable bonds is 7. The first-order chi connectivity index (χ1) is 13.9. The Hall–Kier alpha value is -2.89. The topological polar surface area (TPSA) is 89.5 Å². The van der Waals surface area contributed by atoms with Crippen molar-refractivity contribution in [2.75, 3.05) is 13.7 Å². The van der Waals surface area contributed by atoms with E-state index in [1.54, 1.807) is 26.2 Å². The first-order valence-corrected chi connectivity index (χ1v) is 9.94. The number of hydrogen-bond acceptors (Lipinski definition) is 7. The standard InChI is InChI=1S/C21H22N4O3S/c1-5-28-20(26)21(2,3)29-16-7-9-18-23-24-19(25(18)12-16)17-8-6-14(11-22)10-15(17)13-27-4/h6-10,12H,5,13H2,1-4H3. The molecule has 0 spiro atoms. The van der Waals surface area contributed by atoms with Crippen molar-refractivity contribution in [2.45, 2.75) is 37.0 Å². The molecule has 2 heterocycles. The van der Waals surface area contributed by atoms with Gasteiger partial charge in [0.25, 0.3) is 0 Å². The zero-order valence-corrected chi connectivity index (χ0v) is 17.6. The molecule has 0 aliphatic heterocycles. The van der Waals surface area contributed by atoms with Gasteiger partial charge in [-0.1, -0.05) is 0 Å². The summed E-state index contributed by atoms with van der Waals surface area (Å²) in [6.45, 7) is 6.17. The number of benzene rings is 1. The van der Waals surface area contributed by atoms with Gasteiger partial charge in [-0.15, -0.1) is 22.0 Å². The Morgan fingerprint density at radius 3 is 2.76 bits per heavy atom. The quantitative estimate of drug-likeness (QED) is 0.432. The minimum Gasteiger partial charge on any atom is -0.465 e. The SMILES string of the molecule is CCOC(=O)C(C)(C)Sc1ccc2nnc(-c3ccc(C#N)cc3COC)n2c1. The Morgan fingerprint density at radius 2 is 2.07 bits per heavy atom. The van der Waals surface area contributed by atoms with Crippen molar-refractivity contribution < 1.29 is 14.3 Å². The molecule has 150 valence electrons. The summed E-state index contributed by atoms with van der Waals surface area (Å²) in [6, 6.07) is 11.3. The molecule has 7 nitrogen and oxygen atoms in total. The van der Waals surface area contributed by atoms with Gasteiger partial charge in [0.1, 0.15) is 4.75 Å². The third-order valence-corrected chi connectivity index (χ3v) is 5.44. The maximum Gasteiger partial charge on any atom is 0.321 e. The normalized spacial score (nSPS) is 11.4. The molecule has 29 heavy (non-hydrogen) atoms. The van der Waals surface area contributed by atoms with Crippen LogP contribution in [0.4, 0.5) is 0 Å². The third kappa shape index (κ3) is 4.42. The molecule has 1 aromatic carbocycles. The highest BCUT2D eigenvalue weighted by Gasteiger charge is 2.30. The molecule has 3 rings (SSSR count). The predicted octanol–water partition coefficient (Wildman–Crippen LogP) is 3.85. The maximum absolute atomic E-state index is 12.2. The van der Waals surface area contributed by atoms with Crippen molar-refractivity contribution in [3.63, 3.8) is 0 Å². The lowest BCUT2D eigenvalue weighted by Gasteiger charge is -2.21. The van der Waals surface area contributed by atoms with Crippen LogP contribution < -0.4 is 0 Å². The number of esters is 1. The van der Waals surface area contributed by atoms with Crippen LogP contribution >= 0.6 is 11.8 Å². The minimum absolute atomic E-state index is 0.261. The fourth-order valence-corrected chi connectivity index (χ4v) is 3.94. The number of hydrogen-bond donors (Lipinski definition) is 0. The highest BCUT2D eigenvalue weighted by atomic mass is 32.2. The van der Waals surface area contributed by atoms with Gasteiger partial charge >= 0.3 is 5.97 Å². The molecule has 0 unspecified atom stereocenters. The molecule has 0 saturated carbocycles. The van der Waals surface area contributed by atoms with Crippen molar-refractivity contribution in [1.82, 2.24) is 14.6 Å². The second-order valence-electron chi connectivity index (χ2n) is 6.87. The lowest BCUT2D eigenvalue weighted by Crippen LogP contribution is -2.29. The molecule has 0 aliphatic carbocycles. The molecule has 0 radical (unpaired) electrons. The molecule has 8 heteroatoms. The Labute approximate surface area is 173 Å². The zero-order valence-electron chi connectivity index (χ0n) is 16.8. The van der Waals surface area contributed by atoms with E-state index >= 15 is 0 Å². The number of carbonyl (C=O) groups is 1. The molecule has 0 bridgehead atoms. The number of carbonyl (C=O) groups excluding carboxylic acids is 1. The second-order valence-corrected chi connectivity index (χ2v) is 8.56. The number of ether oxygens (including phenoxy) is 2. The highest BCUT2D eigenvalue weighted by Crippen LogP contribution is 2.34. The molecule has 0 atom stereocenters. The van der Waals surface area contributed by atoms with Crippen LogP contribution in [0.5, 0.6) is 0 Å². The van der Waals surface area contributed by atoms with E-state index in [-0.39, 0.29) is 5.97 Å². The fourth-order valence-electron chi connectivity index (χ4n) is 2.91. The van der Waals surface area contributed by atoms with Gasteiger partial charge in [-0.3, -0.25) is 9.20 Å². The molecular formula is C21H22N4O3S. The van der Waals surface area contributed by atoms with Gasteiger partial charge in [-0.2, -0.15) is 5.26 Å². The lowest BCUT2D eigenvalue weighted by atomic mass is 10.0. The molecule has 0 aliphatic rings. The largest absolute Gasteiger partial charge is 0.465 e. The number of methoxy groups -OCH3 is 1.